The summed E-state index contributed by atoms with van der Waals surface area (Å²) in [4.78, 5) is 11.4. The number of ether oxygens (including phenoxy) is 1. The van der Waals surface area contributed by atoms with Gasteiger partial charge in [0.2, 0.25) is 0 Å². The number of rotatable bonds is 5. The molecular weight excluding hydrogens is 240 g/mol. The van der Waals surface area contributed by atoms with E-state index >= 15 is 0 Å². The molecule has 0 aliphatic carbocycles. The Morgan fingerprint density at radius 1 is 1.16 bits per heavy atom. The molecule has 0 fully saturated rings. The molecule has 0 bridgehead atoms. The van der Waals surface area contributed by atoms with Crippen molar-refractivity contribution in [2.45, 2.75) is 39.8 Å². The molecule has 0 spiro atoms. The van der Waals surface area contributed by atoms with E-state index in [1.807, 2.05) is 20.8 Å². The van der Waals surface area contributed by atoms with Crippen LogP contribution < -0.4 is 10.6 Å². The maximum absolute atomic E-state index is 11.4. The van der Waals surface area contributed by atoms with Gasteiger partial charge in [-0.15, -0.1) is 0 Å². The second-order valence-corrected chi connectivity index (χ2v) is 5.59. The smallest absolute Gasteiger partial charge is 0.407 e. The third-order valence-corrected chi connectivity index (χ3v) is 2.42. The zero-order valence-corrected chi connectivity index (χ0v) is 12.2. The van der Waals surface area contributed by atoms with Crippen molar-refractivity contribution in [3.63, 3.8) is 0 Å². The van der Waals surface area contributed by atoms with E-state index in [-0.39, 0.29) is 6.09 Å². The summed E-state index contributed by atoms with van der Waals surface area (Å²) in [6.45, 7) is 9.69. The van der Waals surface area contributed by atoms with Crippen LogP contribution in [-0.4, -0.2) is 24.8 Å². The Kier molecular flexibility index (Phi) is 5.83. The lowest BCUT2D eigenvalue weighted by Gasteiger charge is -2.19. The van der Waals surface area contributed by atoms with Crippen LogP contribution in [0.15, 0.2) is 24.3 Å². The Balaban J connectivity index is 2.11. The normalized spacial score (nSPS) is 11.2. The summed E-state index contributed by atoms with van der Waals surface area (Å²) in [5.74, 6) is 0. The van der Waals surface area contributed by atoms with Gasteiger partial charge in [-0.2, -0.15) is 0 Å². The Morgan fingerprint density at radius 3 is 2.37 bits per heavy atom. The maximum Gasteiger partial charge on any atom is 0.407 e. The van der Waals surface area contributed by atoms with E-state index in [4.69, 9.17) is 4.74 Å². The van der Waals surface area contributed by atoms with Crippen molar-refractivity contribution in [3.05, 3.63) is 35.4 Å². The minimum absolute atomic E-state index is 0.371. The molecule has 4 heteroatoms. The van der Waals surface area contributed by atoms with Gasteiger partial charge in [0.1, 0.15) is 5.60 Å². The Hall–Kier alpha value is -1.55. The van der Waals surface area contributed by atoms with Crippen LogP contribution in [0.25, 0.3) is 0 Å². The molecule has 0 aliphatic heterocycles. The van der Waals surface area contributed by atoms with Gasteiger partial charge in [-0.3, -0.25) is 0 Å². The topological polar surface area (TPSA) is 50.4 Å². The monoisotopic (exact) mass is 264 g/mol. The highest BCUT2D eigenvalue weighted by Crippen LogP contribution is 2.06. The van der Waals surface area contributed by atoms with Crippen LogP contribution in [0.2, 0.25) is 0 Å². The molecule has 0 aliphatic rings. The molecule has 0 aromatic heterocycles. The minimum Gasteiger partial charge on any atom is -0.444 e. The highest BCUT2D eigenvalue weighted by molar-refractivity contribution is 5.67. The lowest BCUT2D eigenvalue weighted by molar-refractivity contribution is 0.0528. The van der Waals surface area contributed by atoms with Crippen LogP contribution >= 0.6 is 0 Å². The van der Waals surface area contributed by atoms with Crippen molar-refractivity contribution >= 4 is 6.09 Å². The van der Waals surface area contributed by atoms with Crippen LogP contribution in [-0.2, 0) is 11.3 Å². The summed E-state index contributed by atoms with van der Waals surface area (Å²) in [6, 6.07) is 8.39. The van der Waals surface area contributed by atoms with E-state index in [1.54, 1.807) is 0 Å². The first-order valence-electron chi connectivity index (χ1n) is 6.60. The second kappa shape index (κ2) is 7.14. The summed E-state index contributed by atoms with van der Waals surface area (Å²) in [5, 5.41) is 5.98. The number of amides is 1. The molecule has 0 saturated carbocycles. The van der Waals surface area contributed by atoms with Crippen LogP contribution in [0.4, 0.5) is 4.79 Å². The predicted octanol–water partition coefficient (Wildman–Crippen LogP) is 2.61. The van der Waals surface area contributed by atoms with Crippen LogP contribution in [0.5, 0.6) is 0 Å². The van der Waals surface area contributed by atoms with E-state index in [1.165, 1.54) is 11.1 Å². The Bertz CT molecular complexity index is 394. The number of alkyl carbamates (subject to hydrolysis) is 1. The fraction of sp³-hybridized carbons (Fsp3) is 0.533. The highest BCUT2D eigenvalue weighted by Gasteiger charge is 2.15. The molecular formula is C15H24N2O2. The van der Waals surface area contributed by atoms with Crippen molar-refractivity contribution in [2.24, 2.45) is 0 Å². The van der Waals surface area contributed by atoms with E-state index in [0.717, 1.165) is 6.54 Å². The molecule has 4 nitrogen and oxygen atoms in total. The average molecular weight is 264 g/mol. The first-order valence-corrected chi connectivity index (χ1v) is 6.60. The number of hydrogen-bond donors (Lipinski definition) is 2. The van der Waals surface area contributed by atoms with Gasteiger partial charge in [0.05, 0.1) is 0 Å². The number of aryl methyl sites for hydroxylation is 1. The van der Waals surface area contributed by atoms with Crippen molar-refractivity contribution in [1.29, 1.82) is 0 Å². The molecule has 19 heavy (non-hydrogen) atoms. The van der Waals surface area contributed by atoms with Crippen LogP contribution in [0.3, 0.4) is 0 Å². The molecule has 2 N–H and O–H groups in total. The largest absolute Gasteiger partial charge is 0.444 e. The van der Waals surface area contributed by atoms with Crippen molar-refractivity contribution < 1.29 is 9.53 Å². The fourth-order valence-corrected chi connectivity index (χ4v) is 1.51. The molecule has 0 unspecified atom stereocenters. The quantitative estimate of drug-likeness (QED) is 0.804. The first-order chi connectivity index (χ1) is 8.87. The summed E-state index contributed by atoms with van der Waals surface area (Å²) in [5.41, 5.74) is 2.05. The van der Waals surface area contributed by atoms with Gasteiger partial charge >= 0.3 is 6.09 Å². The second-order valence-electron chi connectivity index (χ2n) is 5.59. The van der Waals surface area contributed by atoms with Crippen LogP contribution in [0, 0.1) is 6.92 Å². The number of benzene rings is 1. The molecule has 0 heterocycles. The molecule has 1 amide bonds. The highest BCUT2D eigenvalue weighted by atomic mass is 16.6. The van der Waals surface area contributed by atoms with Gasteiger partial charge in [-0.05, 0) is 33.3 Å². The average Bonchev–Trinajstić information content (AvgIpc) is 2.29. The van der Waals surface area contributed by atoms with E-state index in [0.29, 0.717) is 13.1 Å². The number of nitrogens with one attached hydrogen (secondary N) is 2. The molecule has 0 atom stereocenters. The SMILES string of the molecule is Cc1ccc(CNCCNC(=O)OC(C)(C)C)cc1. The molecule has 106 valence electrons. The zero-order valence-electron chi connectivity index (χ0n) is 12.2. The van der Waals surface area contributed by atoms with E-state index in [2.05, 4.69) is 41.8 Å². The minimum atomic E-state index is -0.445. The summed E-state index contributed by atoms with van der Waals surface area (Å²) in [6.07, 6.45) is -0.371. The molecule has 0 radical (unpaired) electrons. The maximum atomic E-state index is 11.4. The Labute approximate surface area is 115 Å². The van der Waals surface area contributed by atoms with Crippen molar-refractivity contribution in [2.75, 3.05) is 13.1 Å². The van der Waals surface area contributed by atoms with Crippen molar-refractivity contribution in [3.8, 4) is 0 Å². The van der Waals surface area contributed by atoms with Gasteiger partial charge < -0.3 is 15.4 Å². The van der Waals surface area contributed by atoms with Gasteiger partial charge in [-0.25, -0.2) is 4.79 Å². The molecule has 1 aromatic rings. The lowest BCUT2D eigenvalue weighted by atomic mass is 10.1. The standard InChI is InChI=1S/C15H24N2O2/c1-12-5-7-13(8-6-12)11-16-9-10-17-14(18)19-15(2,3)4/h5-8,16H,9-11H2,1-4H3,(H,17,18). The molecule has 0 saturated heterocycles. The van der Waals surface area contributed by atoms with Gasteiger partial charge in [-0.1, -0.05) is 29.8 Å². The lowest BCUT2D eigenvalue weighted by Crippen LogP contribution is -2.36. The van der Waals surface area contributed by atoms with Gasteiger partial charge in [0.15, 0.2) is 0 Å². The molecule has 1 aromatic carbocycles. The predicted molar refractivity (Wildman–Crippen MR) is 77.1 cm³/mol. The number of carbonyl (C=O) groups excluding carboxylic acids is 1. The van der Waals surface area contributed by atoms with Gasteiger partial charge in [0.25, 0.3) is 0 Å². The summed E-state index contributed by atoms with van der Waals surface area (Å²) >= 11 is 0. The van der Waals surface area contributed by atoms with E-state index in [9.17, 15) is 4.79 Å². The van der Waals surface area contributed by atoms with Crippen LogP contribution in [0.1, 0.15) is 31.9 Å². The van der Waals surface area contributed by atoms with E-state index < -0.39 is 5.60 Å². The number of hydrogen-bond acceptors (Lipinski definition) is 3. The third kappa shape index (κ3) is 7.47. The third-order valence-electron chi connectivity index (χ3n) is 2.42. The molecule has 1 rings (SSSR count). The zero-order chi connectivity index (χ0) is 14.3. The summed E-state index contributed by atoms with van der Waals surface area (Å²) < 4.78 is 5.14. The van der Waals surface area contributed by atoms with Crippen molar-refractivity contribution in [1.82, 2.24) is 10.6 Å². The Morgan fingerprint density at radius 2 is 1.79 bits per heavy atom. The summed E-state index contributed by atoms with van der Waals surface area (Å²) in [7, 11) is 0. The number of carbonyl (C=O) groups is 1. The fourth-order valence-electron chi connectivity index (χ4n) is 1.51. The first kappa shape index (κ1) is 15.5. The van der Waals surface area contributed by atoms with Gasteiger partial charge in [0, 0.05) is 19.6 Å².